The van der Waals surface area contributed by atoms with Crippen LogP contribution in [0.4, 0.5) is 0 Å². The highest BCUT2D eigenvalue weighted by atomic mass is 17.3. The lowest BCUT2D eigenvalue weighted by atomic mass is 9.58. The quantitative estimate of drug-likeness (QED) is 0.220. The van der Waals surface area contributed by atoms with Gasteiger partial charge in [0.05, 0.1) is 6.42 Å². The molecule has 3 N–H and O–H groups in total. The molecule has 12 heteroatoms. The van der Waals surface area contributed by atoms with Gasteiger partial charge in [0.2, 0.25) is 23.9 Å². The van der Waals surface area contributed by atoms with E-state index in [0.717, 1.165) is 19.3 Å². The topological polar surface area (TPSA) is 159 Å². The van der Waals surface area contributed by atoms with Gasteiger partial charge in [-0.3, -0.25) is 14.4 Å². The van der Waals surface area contributed by atoms with Crippen molar-refractivity contribution in [1.82, 2.24) is 10.6 Å². The average Bonchev–Trinajstić information content (AvgIpc) is 3.14. The maximum absolute atomic E-state index is 12.9. The number of hydrogen-bond acceptors (Lipinski definition) is 9. The highest BCUT2D eigenvalue weighted by molar-refractivity contribution is 5.91. The SMILES string of the molecule is CC(C)C[C@H](NC(=O)[C@H](CC(C)C)NC(=O)CCC(=O)O[C@@H]1O[C@H]2O[C@]3(C)CC[C@H]4[C@H](C)CC[C@H]([C@H]1C)[C@@]24OO3)C(=O)O. The summed E-state index contributed by atoms with van der Waals surface area (Å²) in [6, 6.07) is -1.98. The molecule has 1 saturated carbocycles. The number of carboxylic acids is 1. The summed E-state index contributed by atoms with van der Waals surface area (Å²) < 4.78 is 18.4. The van der Waals surface area contributed by atoms with Gasteiger partial charge in [0.15, 0.2) is 11.9 Å². The average molecular weight is 611 g/mol. The van der Waals surface area contributed by atoms with Crippen molar-refractivity contribution >= 4 is 23.8 Å². The minimum Gasteiger partial charge on any atom is -0.480 e. The van der Waals surface area contributed by atoms with Gasteiger partial charge >= 0.3 is 11.9 Å². The largest absolute Gasteiger partial charge is 0.480 e. The maximum Gasteiger partial charge on any atom is 0.326 e. The fourth-order valence-corrected chi connectivity index (χ4v) is 7.35. The molecule has 5 rings (SSSR count). The Balaban J connectivity index is 1.34. The van der Waals surface area contributed by atoms with Crippen LogP contribution in [0.1, 0.15) is 99.8 Å². The highest BCUT2D eigenvalue weighted by Crippen LogP contribution is 2.60. The molecule has 0 aromatic heterocycles. The lowest BCUT2D eigenvalue weighted by Crippen LogP contribution is -2.70. The first-order valence-corrected chi connectivity index (χ1v) is 15.9. The van der Waals surface area contributed by atoms with Crippen LogP contribution in [0.2, 0.25) is 0 Å². The number of carbonyl (C=O) groups is 4. The smallest absolute Gasteiger partial charge is 0.326 e. The van der Waals surface area contributed by atoms with Crippen LogP contribution in [0, 0.1) is 35.5 Å². The van der Waals surface area contributed by atoms with E-state index in [4.69, 9.17) is 24.0 Å². The van der Waals surface area contributed by atoms with Crippen molar-refractivity contribution in [1.29, 1.82) is 0 Å². The van der Waals surface area contributed by atoms with Crippen molar-refractivity contribution < 1.29 is 48.3 Å². The molecule has 1 aliphatic carbocycles. The summed E-state index contributed by atoms with van der Waals surface area (Å²) in [5.74, 6) is -3.21. The molecule has 5 aliphatic rings. The summed E-state index contributed by atoms with van der Waals surface area (Å²) in [7, 11) is 0. The first-order valence-electron chi connectivity index (χ1n) is 15.9. The van der Waals surface area contributed by atoms with Crippen LogP contribution >= 0.6 is 0 Å². The predicted octanol–water partition coefficient (Wildman–Crippen LogP) is 3.66. The van der Waals surface area contributed by atoms with Crippen molar-refractivity contribution in [2.75, 3.05) is 0 Å². The van der Waals surface area contributed by atoms with Crippen LogP contribution in [0.15, 0.2) is 0 Å². The van der Waals surface area contributed by atoms with Crippen LogP contribution in [-0.4, -0.2) is 64.9 Å². The monoisotopic (exact) mass is 610 g/mol. The molecule has 12 nitrogen and oxygen atoms in total. The number of carboxylic acid groups (broad SMARTS) is 1. The first-order chi connectivity index (χ1) is 20.1. The van der Waals surface area contributed by atoms with Crippen LogP contribution in [0.25, 0.3) is 0 Å². The Bertz CT molecular complexity index is 1050. The molecule has 4 heterocycles. The predicted molar refractivity (Wildman–Crippen MR) is 153 cm³/mol. The molecule has 4 saturated heterocycles. The maximum atomic E-state index is 12.9. The minimum absolute atomic E-state index is 0.00294. The van der Waals surface area contributed by atoms with E-state index in [-0.39, 0.29) is 48.9 Å². The molecule has 244 valence electrons. The van der Waals surface area contributed by atoms with Crippen molar-refractivity contribution in [3.05, 3.63) is 0 Å². The number of aliphatic carboxylic acids is 1. The molecule has 2 amide bonds. The molecule has 10 atom stereocenters. The van der Waals surface area contributed by atoms with Crippen LogP contribution in [-0.2, 0) is 43.2 Å². The van der Waals surface area contributed by atoms with Crippen molar-refractivity contribution in [3.8, 4) is 0 Å². The molecular weight excluding hydrogens is 560 g/mol. The second kappa shape index (κ2) is 13.4. The number of nitrogens with one attached hydrogen (secondary N) is 2. The Morgan fingerprint density at radius 1 is 0.907 bits per heavy atom. The first kappa shape index (κ1) is 33.6. The number of hydrogen-bond donors (Lipinski definition) is 3. The fourth-order valence-electron chi connectivity index (χ4n) is 7.35. The minimum atomic E-state index is -1.13. The van der Waals surface area contributed by atoms with E-state index in [1.165, 1.54) is 0 Å². The molecule has 43 heavy (non-hydrogen) atoms. The number of carbonyl (C=O) groups excluding carboxylic acids is 3. The molecular formula is C31H50N2O10. The van der Waals surface area contributed by atoms with E-state index in [9.17, 15) is 24.3 Å². The number of ether oxygens (including phenoxy) is 3. The number of amides is 2. The third-order valence-corrected chi connectivity index (χ3v) is 9.58. The molecule has 2 bridgehead atoms. The van der Waals surface area contributed by atoms with Gasteiger partial charge in [-0.05, 0) is 62.7 Å². The molecule has 0 aromatic rings. The van der Waals surface area contributed by atoms with E-state index >= 15 is 0 Å². The zero-order valence-corrected chi connectivity index (χ0v) is 26.6. The van der Waals surface area contributed by atoms with Gasteiger partial charge in [-0.2, -0.15) is 0 Å². The summed E-state index contributed by atoms with van der Waals surface area (Å²) in [6.07, 6.45) is 2.01. The van der Waals surface area contributed by atoms with E-state index in [1.54, 1.807) is 0 Å². The van der Waals surface area contributed by atoms with Gasteiger partial charge in [-0.25, -0.2) is 14.6 Å². The summed E-state index contributed by atoms with van der Waals surface area (Å²) in [5.41, 5.74) is -0.767. The molecule has 0 radical (unpaired) electrons. The van der Waals surface area contributed by atoms with Gasteiger partial charge in [0.25, 0.3) is 0 Å². The van der Waals surface area contributed by atoms with E-state index in [0.29, 0.717) is 18.8 Å². The third-order valence-electron chi connectivity index (χ3n) is 9.58. The van der Waals surface area contributed by atoms with Crippen LogP contribution < -0.4 is 10.6 Å². The summed E-state index contributed by atoms with van der Waals surface area (Å²) in [6.45, 7) is 13.6. The Kier molecular flexibility index (Phi) is 10.5. The number of esters is 1. The molecule has 1 spiro atoms. The zero-order chi connectivity index (χ0) is 31.7. The lowest BCUT2D eigenvalue weighted by molar-refractivity contribution is -0.576. The Hall–Kier alpha value is -2.28. The van der Waals surface area contributed by atoms with E-state index < -0.39 is 59.8 Å². The van der Waals surface area contributed by atoms with E-state index in [1.807, 2.05) is 41.5 Å². The molecule has 0 unspecified atom stereocenters. The van der Waals surface area contributed by atoms with Crippen LogP contribution in [0.5, 0.6) is 0 Å². The number of rotatable bonds is 12. The lowest BCUT2D eigenvalue weighted by Gasteiger charge is -2.59. The normalized spacial score (nSPS) is 36.3. The van der Waals surface area contributed by atoms with Gasteiger partial charge in [-0.15, -0.1) is 0 Å². The number of fused-ring (bicyclic) bond motifs is 2. The Morgan fingerprint density at radius 3 is 2.23 bits per heavy atom. The third kappa shape index (κ3) is 7.34. The van der Waals surface area contributed by atoms with Crippen LogP contribution in [0.3, 0.4) is 0 Å². The van der Waals surface area contributed by atoms with Crippen molar-refractivity contribution in [2.45, 2.75) is 136 Å². The fraction of sp³-hybridized carbons (Fsp3) is 0.871. The molecule has 4 aliphatic heterocycles. The van der Waals surface area contributed by atoms with Crippen molar-refractivity contribution in [2.24, 2.45) is 35.5 Å². The van der Waals surface area contributed by atoms with Gasteiger partial charge < -0.3 is 30.0 Å². The van der Waals surface area contributed by atoms with Gasteiger partial charge in [0.1, 0.15) is 12.1 Å². The van der Waals surface area contributed by atoms with Crippen molar-refractivity contribution in [3.63, 3.8) is 0 Å². The van der Waals surface area contributed by atoms with Gasteiger partial charge in [-0.1, -0.05) is 41.5 Å². The van der Waals surface area contributed by atoms with Gasteiger partial charge in [0, 0.05) is 24.7 Å². The Labute approximate surface area is 254 Å². The zero-order valence-electron chi connectivity index (χ0n) is 26.6. The molecule has 5 fully saturated rings. The standard InChI is InChI=1S/C31H50N2O10/c1-16(2)14-22(26(36)33-23(27(37)38)15-17(3)4)32-24(34)10-11-25(35)39-28-19(6)21-9-8-18(5)20-12-13-30(7)41-29(40-28)31(20,21)43-42-30/h16-23,28-29H,8-15H2,1-7H3,(H,32,34)(H,33,36)(H,37,38)/t18-,19-,20+,21-,22+,23+,28-,29+,30+,31-/m1/s1. The molecule has 0 aromatic carbocycles. The summed E-state index contributed by atoms with van der Waals surface area (Å²) in [5, 5.41) is 14.7. The van der Waals surface area contributed by atoms with E-state index in [2.05, 4.69) is 17.6 Å². The second-order valence-electron chi connectivity index (χ2n) is 14.0. The summed E-state index contributed by atoms with van der Waals surface area (Å²) in [4.78, 5) is 62.3. The highest BCUT2D eigenvalue weighted by Gasteiger charge is 2.69. The summed E-state index contributed by atoms with van der Waals surface area (Å²) >= 11 is 0. The Morgan fingerprint density at radius 2 is 1.58 bits per heavy atom. The second-order valence-corrected chi connectivity index (χ2v) is 14.0.